The number of rotatable bonds is 7. The summed E-state index contributed by atoms with van der Waals surface area (Å²) in [5.41, 5.74) is 6.81. The lowest BCUT2D eigenvalue weighted by Gasteiger charge is -2.32. The van der Waals surface area contributed by atoms with Crippen LogP contribution in [0.1, 0.15) is 16.1 Å². The molecule has 1 aromatic heterocycles. The van der Waals surface area contributed by atoms with E-state index in [9.17, 15) is 14.4 Å². The molecule has 1 aliphatic rings. The number of carbonyl (C=O) groups excluding carboxylic acids is 3. The number of aromatic nitrogens is 1. The van der Waals surface area contributed by atoms with Crippen molar-refractivity contribution in [2.45, 2.75) is 12.6 Å². The SMILES string of the molecule is COC(=O)NC1CN=C(Nc2ccc(Oc3cccc(C(N)=O)n3)cc2)N(Cc2ccc(Cl)cc2)C1=O. The van der Waals surface area contributed by atoms with Crippen molar-refractivity contribution in [1.29, 1.82) is 0 Å². The average Bonchev–Trinajstić information content (AvgIpc) is 2.90. The number of anilines is 1. The number of halogens is 1. The molecule has 0 bridgehead atoms. The van der Waals surface area contributed by atoms with E-state index in [0.29, 0.717) is 22.4 Å². The van der Waals surface area contributed by atoms with Gasteiger partial charge >= 0.3 is 6.09 Å². The molecule has 4 rings (SSSR count). The molecule has 1 unspecified atom stereocenters. The fraction of sp³-hybridized carbons (Fsp3) is 0.160. The molecule has 0 saturated carbocycles. The highest BCUT2D eigenvalue weighted by molar-refractivity contribution is 6.30. The first-order valence-electron chi connectivity index (χ1n) is 11.1. The van der Waals surface area contributed by atoms with Gasteiger partial charge in [-0.15, -0.1) is 0 Å². The van der Waals surface area contributed by atoms with E-state index in [1.165, 1.54) is 18.1 Å². The van der Waals surface area contributed by atoms with Crippen molar-refractivity contribution in [1.82, 2.24) is 15.2 Å². The second-order valence-electron chi connectivity index (χ2n) is 7.88. The molecule has 37 heavy (non-hydrogen) atoms. The van der Waals surface area contributed by atoms with Crippen LogP contribution in [0.4, 0.5) is 10.5 Å². The number of aliphatic imine (C=N–C) groups is 1. The van der Waals surface area contributed by atoms with Crippen LogP contribution in [-0.2, 0) is 16.1 Å². The zero-order valence-corrected chi connectivity index (χ0v) is 20.4. The van der Waals surface area contributed by atoms with E-state index in [1.54, 1.807) is 60.7 Å². The molecule has 0 fully saturated rings. The molecule has 4 N–H and O–H groups in total. The number of amides is 3. The normalized spacial score (nSPS) is 15.0. The molecule has 3 amide bonds. The Labute approximate surface area is 217 Å². The van der Waals surface area contributed by atoms with Crippen LogP contribution < -0.4 is 21.1 Å². The van der Waals surface area contributed by atoms with Crippen molar-refractivity contribution in [3.63, 3.8) is 0 Å². The minimum atomic E-state index is -0.871. The molecular weight excluding hydrogens is 500 g/mol. The molecule has 1 aliphatic heterocycles. The summed E-state index contributed by atoms with van der Waals surface area (Å²) in [4.78, 5) is 46.2. The Kier molecular flexibility index (Phi) is 7.84. The fourth-order valence-electron chi connectivity index (χ4n) is 3.44. The fourth-order valence-corrected chi connectivity index (χ4v) is 3.57. The van der Waals surface area contributed by atoms with Gasteiger partial charge in [-0.05, 0) is 48.0 Å². The van der Waals surface area contributed by atoms with Gasteiger partial charge in [0.1, 0.15) is 17.5 Å². The Morgan fingerprint density at radius 2 is 1.84 bits per heavy atom. The Morgan fingerprint density at radius 1 is 1.11 bits per heavy atom. The van der Waals surface area contributed by atoms with Crippen LogP contribution in [0.2, 0.25) is 5.02 Å². The van der Waals surface area contributed by atoms with Crippen molar-refractivity contribution in [2.24, 2.45) is 10.7 Å². The number of hydrogen-bond acceptors (Lipinski definition) is 8. The maximum atomic E-state index is 13.2. The number of guanidine groups is 1. The average molecular weight is 523 g/mol. The molecule has 3 aromatic rings. The van der Waals surface area contributed by atoms with Gasteiger partial charge in [0.2, 0.25) is 11.8 Å². The van der Waals surface area contributed by atoms with Crippen LogP contribution >= 0.6 is 11.6 Å². The molecule has 2 heterocycles. The first-order chi connectivity index (χ1) is 17.8. The zero-order chi connectivity index (χ0) is 26.4. The van der Waals surface area contributed by atoms with Gasteiger partial charge in [-0.1, -0.05) is 29.8 Å². The quantitative estimate of drug-likeness (QED) is 0.431. The van der Waals surface area contributed by atoms with Crippen molar-refractivity contribution in [3.8, 4) is 11.6 Å². The molecule has 11 nitrogen and oxygen atoms in total. The van der Waals surface area contributed by atoms with Crippen molar-refractivity contribution in [2.75, 3.05) is 19.0 Å². The highest BCUT2D eigenvalue weighted by Gasteiger charge is 2.33. The molecule has 0 saturated heterocycles. The summed E-state index contributed by atoms with van der Waals surface area (Å²) in [5.74, 6) is 0.00444. The third kappa shape index (κ3) is 6.53. The maximum absolute atomic E-state index is 13.2. The maximum Gasteiger partial charge on any atom is 0.407 e. The number of ether oxygens (including phenoxy) is 2. The van der Waals surface area contributed by atoms with E-state index >= 15 is 0 Å². The Balaban J connectivity index is 1.50. The lowest BCUT2D eigenvalue weighted by atomic mass is 10.1. The molecular formula is C25H23ClN6O5. The first kappa shape index (κ1) is 25.5. The Morgan fingerprint density at radius 3 is 2.51 bits per heavy atom. The number of methoxy groups -OCH3 is 1. The van der Waals surface area contributed by atoms with Gasteiger partial charge < -0.3 is 25.8 Å². The van der Waals surface area contributed by atoms with Gasteiger partial charge in [0.05, 0.1) is 20.2 Å². The van der Waals surface area contributed by atoms with Crippen LogP contribution in [0.5, 0.6) is 11.6 Å². The lowest BCUT2D eigenvalue weighted by molar-refractivity contribution is -0.130. The highest BCUT2D eigenvalue weighted by Crippen LogP contribution is 2.23. The molecule has 2 aromatic carbocycles. The van der Waals surface area contributed by atoms with Crippen LogP contribution in [0, 0.1) is 0 Å². The van der Waals surface area contributed by atoms with Gasteiger partial charge in [0.15, 0.2) is 0 Å². The van der Waals surface area contributed by atoms with E-state index in [4.69, 9.17) is 22.1 Å². The summed E-state index contributed by atoms with van der Waals surface area (Å²) in [7, 11) is 1.22. The van der Waals surface area contributed by atoms with Crippen LogP contribution in [0.25, 0.3) is 0 Å². The van der Waals surface area contributed by atoms with Gasteiger partial charge in [-0.25, -0.2) is 14.8 Å². The molecule has 0 spiro atoms. The number of pyridine rings is 1. The van der Waals surface area contributed by atoms with Gasteiger partial charge in [0, 0.05) is 16.8 Å². The number of hydrogen-bond donors (Lipinski definition) is 3. The zero-order valence-electron chi connectivity index (χ0n) is 19.7. The van der Waals surface area contributed by atoms with E-state index < -0.39 is 18.0 Å². The smallest absolute Gasteiger partial charge is 0.407 e. The summed E-state index contributed by atoms with van der Waals surface area (Å²) < 4.78 is 10.3. The second-order valence-corrected chi connectivity index (χ2v) is 8.32. The molecule has 12 heteroatoms. The standard InChI is InChI=1S/C25H23ClN6O5/c1-36-25(35)31-20-13-28-24(32(23(20)34)14-15-5-7-16(26)8-6-15)29-17-9-11-18(12-10-17)37-21-4-2-3-19(30-21)22(27)33/h2-12,20H,13-14H2,1H3,(H2,27,33)(H,28,29)(H,31,35). The second kappa shape index (κ2) is 11.4. The summed E-state index contributed by atoms with van der Waals surface area (Å²) in [6, 6.07) is 17.8. The number of nitrogens with zero attached hydrogens (tertiary/aromatic N) is 3. The number of benzene rings is 2. The number of primary amides is 1. The van der Waals surface area contributed by atoms with Gasteiger partial charge in [0.25, 0.3) is 11.8 Å². The molecule has 0 radical (unpaired) electrons. The van der Waals surface area contributed by atoms with E-state index in [0.717, 1.165) is 5.56 Å². The monoisotopic (exact) mass is 522 g/mol. The van der Waals surface area contributed by atoms with Crippen molar-refractivity contribution in [3.05, 3.63) is 83.0 Å². The van der Waals surface area contributed by atoms with Crippen LogP contribution in [0.3, 0.4) is 0 Å². The lowest BCUT2D eigenvalue weighted by Crippen LogP contribution is -2.56. The Hall–Kier alpha value is -4.64. The Bertz CT molecular complexity index is 1330. The van der Waals surface area contributed by atoms with Crippen molar-refractivity contribution < 1.29 is 23.9 Å². The summed E-state index contributed by atoms with van der Waals surface area (Å²) in [6.07, 6.45) is -0.720. The summed E-state index contributed by atoms with van der Waals surface area (Å²) in [6.45, 7) is 0.237. The molecule has 1 atom stereocenters. The number of carbonyl (C=O) groups is 3. The molecule has 190 valence electrons. The minimum Gasteiger partial charge on any atom is -0.453 e. The highest BCUT2D eigenvalue weighted by atomic mass is 35.5. The predicted octanol–water partition coefficient (Wildman–Crippen LogP) is 3.16. The number of nitrogens with two attached hydrogens (primary N) is 1. The third-order valence-corrected chi connectivity index (χ3v) is 5.54. The summed E-state index contributed by atoms with van der Waals surface area (Å²) >= 11 is 5.99. The minimum absolute atomic E-state index is 0.0381. The van der Waals surface area contributed by atoms with Gasteiger partial charge in [-0.2, -0.15) is 0 Å². The summed E-state index contributed by atoms with van der Waals surface area (Å²) in [5, 5.41) is 6.23. The van der Waals surface area contributed by atoms with Crippen LogP contribution in [0.15, 0.2) is 71.7 Å². The van der Waals surface area contributed by atoms with Crippen LogP contribution in [-0.4, -0.2) is 53.4 Å². The van der Waals surface area contributed by atoms with E-state index in [-0.39, 0.29) is 30.6 Å². The third-order valence-electron chi connectivity index (χ3n) is 5.28. The van der Waals surface area contributed by atoms with Gasteiger partial charge in [-0.3, -0.25) is 14.5 Å². The predicted molar refractivity (Wildman–Crippen MR) is 137 cm³/mol. The topological polar surface area (TPSA) is 148 Å². The number of nitrogens with one attached hydrogen (secondary N) is 2. The van der Waals surface area contributed by atoms with Crippen molar-refractivity contribution >= 4 is 41.2 Å². The largest absolute Gasteiger partial charge is 0.453 e. The number of alkyl carbamates (subject to hydrolysis) is 1. The first-order valence-corrected chi connectivity index (χ1v) is 11.5. The molecule has 0 aliphatic carbocycles. The van der Waals surface area contributed by atoms with E-state index in [1.807, 2.05) is 0 Å². The van der Waals surface area contributed by atoms with E-state index in [2.05, 4.69) is 25.3 Å².